The normalized spacial score (nSPS) is 11.1. The summed E-state index contributed by atoms with van der Waals surface area (Å²) in [6.45, 7) is 1.88. The van der Waals surface area contributed by atoms with Gasteiger partial charge in [-0.25, -0.2) is 10.1 Å². The van der Waals surface area contributed by atoms with E-state index >= 15 is 0 Å². The molecule has 2 aromatic heterocycles. The van der Waals surface area contributed by atoms with Crippen LogP contribution in [-0.4, -0.2) is 21.9 Å². The molecule has 0 radical (unpaired) electrons. The fourth-order valence-electron chi connectivity index (χ4n) is 2.94. The molecule has 6 heteroatoms. The molecule has 4 aromatic rings. The van der Waals surface area contributed by atoms with Crippen molar-refractivity contribution < 1.29 is 9.21 Å². The highest BCUT2D eigenvalue weighted by atomic mass is 16.3. The molecule has 0 saturated carbocycles. The molecule has 2 heterocycles. The lowest BCUT2D eigenvalue weighted by Gasteiger charge is -1.99. The van der Waals surface area contributed by atoms with Crippen LogP contribution in [0, 0.1) is 6.92 Å². The van der Waals surface area contributed by atoms with Crippen LogP contribution < -0.4 is 5.43 Å². The zero-order chi connectivity index (χ0) is 20.1. The number of amides is 1. The summed E-state index contributed by atoms with van der Waals surface area (Å²) >= 11 is 0. The molecule has 2 aromatic carbocycles. The molecule has 0 aliphatic heterocycles. The molecule has 4 rings (SSSR count). The molecule has 0 bridgehead atoms. The molecule has 0 aliphatic carbocycles. The molecule has 0 spiro atoms. The number of benzene rings is 2. The monoisotopic (exact) mass is 384 g/mol. The predicted octanol–water partition coefficient (Wildman–Crippen LogP) is 4.13. The lowest BCUT2D eigenvalue weighted by Crippen LogP contribution is -2.19. The first kappa shape index (κ1) is 18.4. The van der Waals surface area contributed by atoms with Gasteiger partial charge in [0.1, 0.15) is 11.5 Å². The van der Waals surface area contributed by atoms with Crippen molar-refractivity contribution in [2.45, 2.75) is 13.3 Å². The highest BCUT2D eigenvalue weighted by molar-refractivity contribution is 5.89. The van der Waals surface area contributed by atoms with Crippen LogP contribution in [0.25, 0.3) is 17.1 Å². The van der Waals surface area contributed by atoms with E-state index in [-0.39, 0.29) is 12.3 Å². The summed E-state index contributed by atoms with van der Waals surface area (Å²) in [6.07, 6.45) is 3.71. The van der Waals surface area contributed by atoms with E-state index in [1.54, 1.807) is 10.9 Å². The molecule has 0 atom stereocenters. The van der Waals surface area contributed by atoms with Gasteiger partial charge in [-0.05, 0) is 36.8 Å². The average Bonchev–Trinajstić information content (AvgIpc) is 3.36. The fraction of sp³-hybridized carbons (Fsp3) is 0.0870. The van der Waals surface area contributed by atoms with Gasteiger partial charge in [0.05, 0.1) is 18.3 Å². The van der Waals surface area contributed by atoms with E-state index in [9.17, 15) is 4.79 Å². The second-order valence-electron chi connectivity index (χ2n) is 6.58. The number of para-hydroxylation sites is 1. The van der Waals surface area contributed by atoms with Gasteiger partial charge in [-0.15, -0.1) is 0 Å². The average molecular weight is 384 g/mol. The van der Waals surface area contributed by atoms with Gasteiger partial charge < -0.3 is 4.42 Å². The van der Waals surface area contributed by atoms with E-state index in [2.05, 4.69) is 15.6 Å². The number of carbonyl (C=O) groups is 1. The van der Waals surface area contributed by atoms with Crippen LogP contribution in [0.2, 0.25) is 0 Å². The molecular weight excluding hydrogens is 364 g/mol. The summed E-state index contributed by atoms with van der Waals surface area (Å²) in [5.41, 5.74) is 5.83. The first-order valence-corrected chi connectivity index (χ1v) is 9.27. The molecular formula is C23H20N4O2. The highest BCUT2D eigenvalue weighted by Gasteiger charge is 2.14. The summed E-state index contributed by atoms with van der Waals surface area (Å²) in [5.74, 6) is 1.26. The largest absolute Gasteiger partial charge is 0.460 e. The molecule has 0 aliphatic rings. The van der Waals surface area contributed by atoms with Crippen LogP contribution >= 0.6 is 0 Å². The molecule has 29 heavy (non-hydrogen) atoms. The van der Waals surface area contributed by atoms with Crippen LogP contribution in [0.15, 0.2) is 88.5 Å². The predicted molar refractivity (Wildman–Crippen MR) is 112 cm³/mol. The van der Waals surface area contributed by atoms with Crippen LogP contribution in [0.5, 0.6) is 0 Å². The molecule has 1 amide bonds. The number of rotatable bonds is 6. The van der Waals surface area contributed by atoms with Crippen molar-refractivity contribution in [1.29, 1.82) is 0 Å². The summed E-state index contributed by atoms with van der Waals surface area (Å²) in [5, 5.41) is 8.77. The third-order valence-electron chi connectivity index (χ3n) is 4.34. The van der Waals surface area contributed by atoms with E-state index in [1.807, 2.05) is 85.9 Å². The molecule has 144 valence electrons. The minimum absolute atomic E-state index is 0.182. The third kappa shape index (κ3) is 4.50. The molecule has 0 saturated heterocycles. The summed E-state index contributed by atoms with van der Waals surface area (Å²) in [6, 6.07) is 23.1. The van der Waals surface area contributed by atoms with E-state index in [4.69, 9.17) is 4.42 Å². The number of furan rings is 1. The lowest BCUT2D eigenvalue weighted by atomic mass is 10.1. The Labute approximate surface area is 168 Å². The Morgan fingerprint density at radius 1 is 1.07 bits per heavy atom. The van der Waals surface area contributed by atoms with Gasteiger partial charge in [-0.2, -0.15) is 10.2 Å². The van der Waals surface area contributed by atoms with Crippen molar-refractivity contribution in [2.75, 3.05) is 0 Å². The number of hydrogen-bond acceptors (Lipinski definition) is 4. The topological polar surface area (TPSA) is 72.4 Å². The molecule has 0 fully saturated rings. The number of hydrazone groups is 1. The number of aryl methyl sites for hydroxylation is 1. The van der Waals surface area contributed by atoms with Gasteiger partial charge in [0.15, 0.2) is 5.76 Å². The zero-order valence-electron chi connectivity index (χ0n) is 15.9. The first-order valence-electron chi connectivity index (χ1n) is 9.27. The van der Waals surface area contributed by atoms with Gasteiger partial charge in [-0.3, -0.25) is 4.79 Å². The van der Waals surface area contributed by atoms with Crippen molar-refractivity contribution >= 4 is 12.1 Å². The van der Waals surface area contributed by atoms with E-state index in [0.717, 1.165) is 22.6 Å². The minimum Gasteiger partial charge on any atom is -0.460 e. The Morgan fingerprint density at radius 2 is 1.79 bits per heavy atom. The van der Waals surface area contributed by atoms with Gasteiger partial charge in [0.2, 0.25) is 5.91 Å². The van der Waals surface area contributed by atoms with Crippen molar-refractivity contribution in [1.82, 2.24) is 15.2 Å². The number of nitrogens with zero attached hydrogens (tertiary/aromatic N) is 3. The van der Waals surface area contributed by atoms with Crippen LogP contribution in [0.1, 0.15) is 16.9 Å². The van der Waals surface area contributed by atoms with Gasteiger partial charge in [0, 0.05) is 11.8 Å². The SMILES string of the molecule is Cc1ccc(-c2nn(-c3ccccc3)cc2/C=N\NC(=O)Cc2ccccc2)o1. The fourth-order valence-corrected chi connectivity index (χ4v) is 2.94. The van der Waals surface area contributed by atoms with Gasteiger partial charge in [-0.1, -0.05) is 48.5 Å². The van der Waals surface area contributed by atoms with Crippen molar-refractivity contribution in [3.63, 3.8) is 0 Å². The Kier molecular flexibility index (Phi) is 5.33. The number of carbonyl (C=O) groups excluding carboxylic acids is 1. The van der Waals surface area contributed by atoms with Crippen molar-refractivity contribution in [2.24, 2.45) is 5.10 Å². The van der Waals surface area contributed by atoms with Crippen molar-refractivity contribution in [3.05, 3.63) is 95.9 Å². The van der Waals surface area contributed by atoms with Gasteiger partial charge in [0.25, 0.3) is 0 Å². The molecule has 1 N–H and O–H groups in total. The Balaban J connectivity index is 1.56. The standard InChI is InChI=1S/C23H20N4O2/c1-17-12-13-21(29-17)23-19(16-27(26-23)20-10-6-3-7-11-20)15-24-25-22(28)14-18-8-4-2-5-9-18/h2-13,15-16H,14H2,1H3,(H,25,28)/b24-15-. The Bertz CT molecular complexity index is 1130. The maximum atomic E-state index is 12.1. The maximum Gasteiger partial charge on any atom is 0.244 e. The summed E-state index contributed by atoms with van der Waals surface area (Å²) < 4.78 is 7.51. The second kappa shape index (κ2) is 8.39. The molecule has 6 nitrogen and oxygen atoms in total. The van der Waals surface area contributed by atoms with E-state index in [1.165, 1.54) is 0 Å². The van der Waals surface area contributed by atoms with Crippen LogP contribution in [-0.2, 0) is 11.2 Å². The number of nitrogens with one attached hydrogen (secondary N) is 1. The summed E-state index contributed by atoms with van der Waals surface area (Å²) in [7, 11) is 0. The minimum atomic E-state index is -0.182. The quantitative estimate of drug-likeness (QED) is 0.401. The van der Waals surface area contributed by atoms with Crippen molar-refractivity contribution in [3.8, 4) is 17.1 Å². The maximum absolute atomic E-state index is 12.1. The third-order valence-corrected chi connectivity index (χ3v) is 4.34. The number of hydrogen-bond donors (Lipinski definition) is 1. The van der Waals surface area contributed by atoms with Crippen LogP contribution in [0.4, 0.5) is 0 Å². The zero-order valence-corrected chi connectivity index (χ0v) is 15.9. The lowest BCUT2D eigenvalue weighted by molar-refractivity contribution is -0.120. The second-order valence-corrected chi connectivity index (χ2v) is 6.58. The smallest absolute Gasteiger partial charge is 0.244 e. The highest BCUT2D eigenvalue weighted by Crippen LogP contribution is 2.24. The Morgan fingerprint density at radius 3 is 2.48 bits per heavy atom. The van der Waals surface area contributed by atoms with E-state index < -0.39 is 0 Å². The number of aromatic nitrogens is 2. The first-order chi connectivity index (χ1) is 14.2. The van der Waals surface area contributed by atoms with Crippen LogP contribution in [0.3, 0.4) is 0 Å². The Hall–Kier alpha value is -3.93. The molecule has 0 unspecified atom stereocenters. The summed E-state index contributed by atoms with van der Waals surface area (Å²) in [4.78, 5) is 12.1. The van der Waals surface area contributed by atoms with Gasteiger partial charge >= 0.3 is 0 Å². The van der Waals surface area contributed by atoms with E-state index in [0.29, 0.717) is 11.5 Å².